The van der Waals surface area contributed by atoms with Crippen molar-refractivity contribution in [3.05, 3.63) is 0 Å². The molecule has 0 radical (unpaired) electrons. The van der Waals surface area contributed by atoms with Gasteiger partial charge in [-0.15, -0.1) is 0 Å². The van der Waals surface area contributed by atoms with Crippen LogP contribution in [0.4, 0.5) is 9.59 Å². The highest BCUT2D eigenvalue weighted by molar-refractivity contribution is 5.76. The molecule has 10 heteroatoms. The first-order valence-corrected chi connectivity index (χ1v) is 12.7. The molecule has 2 saturated heterocycles. The van der Waals surface area contributed by atoms with Gasteiger partial charge in [0.1, 0.15) is 0 Å². The van der Waals surface area contributed by atoms with E-state index < -0.39 is 11.9 Å². The number of urea groups is 2. The van der Waals surface area contributed by atoms with Gasteiger partial charge in [-0.3, -0.25) is 9.59 Å². The van der Waals surface area contributed by atoms with Gasteiger partial charge < -0.3 is 29.8 Å². The van der Waals surface area contributed by atoms with Gasteiger partial charge in [0.05, 0.1) is 11.8 Å². The summed E-state index contributed by atoms with van der Waals surface area (Å²) in [7, 11) is 3.66. The number of aliphatic carboxylic acids is 2. The minimum atomic E-state index is -0.689. The lowest BCUT2D eigenvalue weighted by Crippen LogP contribution is -2.52. The van der Waals surface area contributed by atoms with Crippen molar-refractivity contribution in [1.29, 1.82) is 0 Å². The van der Waals surface area contributed by atoms with Crippen LogP contribution in [-0.2, 0) is 9.59 Å². The van der Waals surface area contributed by atoms with E-state index in [1.165, 1.54) is 0 Å². The summed E-state index contributed by atoms with van der Waals surface area (Å²) >= 11 is 0. The summed E-state index contributed by atoms with van der Waals surface area (Å²) in [6, 6.07) is 0.715. The highest BCUT2D eigenvalue weighted by Crippen LogP contribution is 2.30. The zero-order valence-electron chi connectivity index (χ0n) is 20.5. The fourth-order valence-corrected chi connectivity index (χ4v) is 5.72. The van der Waals surface area contributed by atoms with Crippen molar-refractivity contribution in [3.8, 4) is 0 Å². The average molecular weight is 481 g/mol. The van der Waals surface area contributed by atoms with Crippen molar-refractivity contribution < 1.29 is 29.4 Å². The van der Waals surface area contributed by atoms with Gasteiger partial charge in [-0.1, -0.05) is 0 Å². The third kappa shape index (κ3) is 6.33. The Kier molecular flexibility index (Phi) is 9.02. The van der Waals surface area contributed by atoms with Crippen LogP contribution in [0.1, 0.15) is 64.2 Å². The van der Waals surface area contributed by atoms with E-state index in [2.05, 4.69) is 0 Å². The molecule has 2 saturated carbocycles. The van der Waals surface area contributed by atoms with E-state index in [-0.39, 0.29) is 36.0 Å². The zero-order valence-corrected chi connectivity index (χ0v) is 20.5. The Morgan fingerprint density at radius 1 is 0.618 bits per heavy atom. The number of carboxylic acid groups (broad SMARTS) is 2. The normalized spacial score (nSPS) is 30.5. The summed E-state index contributed by atoms with van der Waals surface area (Å²) in [4.78, 5) is 53.1. The number of carboxylic acids is 2. The van der Waals surface area contributed by atoms with Crippen LogP contribution in [0.15, 0.2) is 0 Å². The lowest BCUT2D eigenvalue weighted by molar-refractivity contribution is -0.144. The number of hydrogen-bond acceptors (Lipinski definition) is 4. The van der Waals surface area contributed by atoms with Crippen LogP contribution < -0.4 is 0 Å². The smallest absolute Gasteiger partial charge is 0.319 e. The highest BCUT2D eigenvalue weighted by atomic mass is 16.4. The van der Waals surface area contributed by atoms with Crippen molar-refractivity contribution in [2.24, 2.45) is 11.8 Å². The molecule has 192 valence electrons. The predicted molar refractivity (Wildman–Crippen MR) is 125 cm³/mol. The van der Waals surface area contributed by atoms with Crippen LogP contribution in [0, 0.1) is 11.8 Å². The van der Waals surface area contributed by atoms with Gasteiger partial charge in [-0.25, -0.2) is 9.59 Å². The molecule has 0 aromatic rings. The molecule has 0 bridgehead atoms. The van der Waals surface area contributed by atoms with Gasteiger partial charge in [0.15, 0.2) is 0 Å². The van der Waals surface area contributed by atoms with E-state index in [4.69, 9.17) is 10.2 Å². The molecule has 4 rings (SSSR count). The van der Waals surface area contributed by atoms with Gasteiger partial charge in [0.2, 0.25) is 0 Å². The van der Waals surface area contributed by atoms with Crippen molar-refractivity contribution in [3.63, 3.8) is 0 Å². The van der Waals surface area contributed by atoms with Crippen LogP contribution in [0.5, 0.6) is 0 Å². The minimum absolute atomic E-state index is 0.107. The molecule has 4 aliphatic rings. The van der Waals surface area contributed by atoms with Gasteiger partial charge in [-0.2, -0.15) is 0 Å². The maximum absolute atomic E-state index is 12.0. The van der Waals surface area contributed by atoms with Crippen molar-refractivity contribution in [1.82, 2.24) is 19.6 Å². The molecule has 0 unspecified atom stereocenters. The Labute approximate surface area is 201 Å². The second-order valence-electron chi connectivity index (χ2n) is 10.2. The topological polar surface area (TPSA) is 122 Å². The van der Waals surface area contributed by atoms with Crippen LogP contribution in [0.3, 0.4) is 0 Å². The lowest BCUT2D eigenvalue weighted by Gasteiger charge is -2.41. The molecule has 10 nitrogen and oxygen atoms in total. The van der Waals surface area contributed by atoms with Gasteiger partial charge in [0, 0.05) is 52.4 Å². The molecule has 0 aromatic heterocycles. The Morgan fingerprint density at radius 3 is 1.24 bits per heavy atom. The van der Waals surface area contributed by atoms with Gasteiger partial charge >= 0.3 is 24.0 Å². The largest absolute Gasteiger partial charge is 0.481 e. The molecule has 34 heavy (non-hydrogen) atoms. The number of nitrogens with zero attached hydrogens (tertiary/aromatic N) is 4. The molecule has 0 spiro atoms. The van der Waals surface area contributed by atoms with Crippen LogP contribution in [0.2, 0.25) is 0 Å². The van der Waals surface area contributed by atoms with Crippen LogP contribution >= 0.6 is 0 Å². The second-order valence-corrected chi connectivity index (χ2v) is 10.2. The third-order valence-corrected chi connectivity index (χ3v) is 7.90. The number of amides is 4. The first kappa shape index (κ1) is 26.1. The SMILES string of the molecule is CN1CCCN(C2CCC(C(=O)O)CC2)C1=O.CN1CCCN(C2CCC(C(=O)O)CC2)C1=O. The fourth-order valence-electron chi connectivity index (χ4n) is 5.72. The molecule has 0 aromatic carbocycles. The van der Waals surface area contributed by atoms with Crippen LogP contribution in [-0.4, -0.2) is 106 Å². The molecule has 2 heterocycles. The predicted octanol–water partition coefficient (Wildman–Crippen LogP) is 2.77. The highest BCUT2D eigenvalue weighted by Gasteiger charge is 2.35. The molecular formula is C24H40N4O6. The van der Waals surface area contributed by atoms with Crippen LogP contribution in [0.25, 0.3) is 0 Å². The van der Waals surface area contributed by atoms with E-state index in [9.17, 15) is 19.2 Å². The maximum Gasteiger partial charge on any atom is 0.319 e. The van der Waals surface area contributed by atoms with Crippen molar-refractivity contribution in [2.75, 3.05) is 40.3 Å². The Bertz CT molecular complexity index is 684. The van der Waals surface area contributed by atoms with Crippen molar-refractivity contribution >= 4 is 24.0 Å². The summed E-state index contributed by atoms with van der Waals surface area (Å²) in [5.74, 6) is -1.79. The summed E-state index contributed by atoms with van der Waals surface area (Å²) in [5, 5.41) is 17.9. The monoisotopic (exact) mass is 480 g/mol. The summed E-state index contributed by atoms with van der Waals surface area (Å²) in [6.45, 7) is 3.32. The first-order chi connectivity index (χ1) is 16.2. The van der Waals surface area contributed by atoms with E-state index in [1.807, 2.05) is 23.9 Å². The molecule has 0 atom stereocenters. The Hall–Kier alpha value is -2.52. The first-order valence-electron chi connectivity index (χ1n) is 12.7. The van der Waals surface area contributed by atoms with E-state index >= 15 is 0 Å². The average Bonchev–Trinajstić information content (AvgIpc) is 2.83. The van der Waals surface area contributed by atoms with E-state index in [1.54, 1.807) is 9.80 Å². The van der Waals surface area contributed by atoms with E-state index in [0.717, 1.165) is 64.7 Å². The summed E-state index contributed by atoms with van der Waals surface area (Å²) in [5.41, 5.74) is 0. The van der Waals surface area contributed by atoms with Crippen molar-refractivity contribution in [2.45, 2.75) is 76.3 Å². The molecule has 4 fully saturated rings. The quantitative estimate of drug-likeness (QED) is 0.638. The van der Waals surface area contributed by atoms with E-state index in [0.29, 0.717) is 25.7 Å². The Balaban J connectivity index is 0.000000191. The molecule has 2 aliphatic heterocycles. The lowest BCUT2D eigenvalue weighted by atomic mass is 9.85. The fraction of sp³-hybridized carbons (Fsp3) is 0.833. The number of rotatable bonds is 4. The molecule has 2 N–H and O–H groups in total. The van der Waals surface area contributed by atoms with Gasteiger partial charge in [0.25, 0.3) is 0 Å². The standard InChI is InChI=1S/2C12H20N2O3/c2*1-13-7-2-8-14(12(13)17)10-5-3-9(4-6-10)11(15)16/h2*9-10H,2-8H2,1H3,(H,15,16). The van der Waals surface area contributed by atoms with Gasteiger partial charge in [-0.05, 0) is 64.2 Å². The molecular weight excluding hydrogens is 440 g/mol. The third-order valence-electron chi connectivity index (χ3n) is 7.90. The second kappa shape index (κ2) is 11.8. The minimum Gasteiger partial charge on any atom is -0.481 e. The maximum atomic E-state index is 12.0. The number of carbonyl (C=O) groups is 4. The number of hydrogen-bond donors (Lipinski definition) is 2. The summed E-state index contributed by atoms with van der Waals surface area (Å²) in [6.07, 6.45) is 8.16. The zero-order chi connectivity index (χ0) is 24.8. The molecule has 2 aliphatic carbocycles. The Morgan fingerprint density at radius 2 is 0.941 bits per heavy atom. The number of carbonyl (C=O) groups excluding carboxylic acids is 2. The molecule has 4 amide bonds. The summed E-state index contributed by atoms with van der Waals surface area (Å²) < 4.78 is 0.